The highest BCUT2D eigenvalue weighted by molar-refractivity contribution is 5.99. The molecule has 1 amide bonds. The fraction of sp³-hybridized carbons (Fsp3) is 0.308. The molecule has 0 aliphatic carbocycles. The molecule has 2 fully saturated rings. The van der Waals surface area contributed by atoms with Crippen LogP contribution in [0.1, 0.15) is 48.5 Å². The van der Waals surface area contributed by atoms with Gasteiger partial charge in [0.15, 0.2) is 11.6 Å². The van der Waals surface area contributed by atoms with Gasteiger partial charge in [0, 0.05) is 29.4 Å². The Morgan fingerprint density at radius 3 is 2.59 bits per heavy atom. The van der Waals surface area contributed by atoms with Gasteiger partial charge < -0.3 is 14.2 Å². The number of carbonyl (C=O) groups excluding carboxylic acids is 1. The maximum atomic E-state index is 14.5. The molecule has 0 N–H and O–H groups in total. The number of aryl methyl sites for hydroxylation is 1. The largest absolute Gasteiger partial charge is 0.495 e. The van der Waals surface area contributed by atoms with Crippen LogP contribution in [0.25, 0.3) is 11.8 Å². The number of hydrogen-bond acceptors (Lipinski definition) is 3. The third kappa shape index (κ3) is 3.87. The summed E-state index contributed by atoms with van der Waals surface area (Å²) in [6, 6.07) is 6.44. The van der Waals surface area contributed by atoms with Gasteiger partial charge in [0.2, 0.25) is 0 Å². The molecule has 0 spiro atoms. The minimum Gasteiger partial charge on any atom is -0.495 e. The Morgan fingerprint density at radius 1 is 1.06 bits per heavy atom. The number of amides is 1. The van der Waals surface area contributed by atoms with E-state index in [1.54, 1.807) is 18.3 Å². The summed E-state index contributed by atoms with van der Waals surface area (Å²) in [5, 5.41) is 0. The van der Waals surface area contributed by atoms with Crippen LogP contribution in [-0.2, 0) is 4.79 Å². The molecule has 0 saturated carbocycles. The lowest BCUT2D eigenvalue weighted by molar-refractivity contribution is -0.131. The molecule has 1 aromatic heterocycles. The summed E-state index contributed by atoms with van der Waals surface area (Å²) >= 11 is 0. The van der Waals surface area contributed by atoms with Crippen molar-refractivity contribution in [3.05, 3.63) is 82.7 Å². The molecule has 2 aromatic carbocycles. The highest BCUT2D eigenvalue weighted by atomic mass is 19.2. The monoisotopic (exact) mass is 467 g/mol. The molecule has 3 aromatic rings. The topological polar surface area (TPSA) is 47.4 Å². The Kier molecular flexibility index (Phi) is 5.67. The molecule has 0 bridgehead atoms. The number of ether oxygens (including phenoxy) is 1. The number of carbonyl (C=O) groups is 1. The summed E-state index contributed by atoms with van der Waals surface area (Å²) in [7, 11) is 1.58. The number of hydrogen-bond donors (Lipinski definition) is 0. The summed E-state index contributed by atoms with van der Waals surface area (Å²) in [5.41, 5.74) is 3.13. The number of halogens is 3. The van der Waals surface area contributed by atoms with Crippen molar-refractivity contribution in [1.29, 1.82) is 0 Å². The van der Waals surface area contributed by atoms with Crippen LogP contribution in [0.15, 0.2) is 48.4 Å². The number of methoxy groups -OCH3 is 1. The van der Waals surface area contributed by atoms with Crippen LogP contribution in [0.5, 0.6) is 5.75 Å². The summed E-state index contributed by atoms with van der Waals surface area (Å²) in [6.45, 7) is 1.90. The maximum absolute atomic E-state index is 14.5. The quantitative estimate of drug-likeness (QED) is 0.375. The normalized spacial score (nSPS) is 21.3. The fourth-order valence-electron chi connectivity index (χ4n) is 5.05. The minimum absolute atomic E-state index is 0.0256. The van der Waals surface area contributed by atoms with Crippen molar-refractivity contribution >= 4 is 12.0 Å². The maximum Gasteiger partial charge on any atom is 0.250 e. The van der Waals surface area contributed by atoms with E-state index < -0.39 is 23.5 Å². The zero-order valence-electron chi connectivity index (χ0n) is 18.9. The molecular weight excluding hydrogens is 443 g/mol. The minimum atomic E-state index is -1.23. The zero-order valence-corrected chi connectivity index (χ0v) is 18.9. The third-order valence-corrected chi connectivity index (χ3v) is 6.69. The van der Waals surface area contributed by atoms with Crippen molar-refractivity contribution in [2.75, 3.05) is 7.11 Å². The number of aromatic nitrogens is 2. The van der Waals surface area contributed by atoms with Gasteiger partial charge in [-0.15, -0.1) is 0 Å². The molecule has 0 unspecified atom stereocenters. The van der Waals surface area contributed by atoms with Gasteiger partial charge in [-0.1, -0.05) is 6.07 Å². The lowest BCUT2D eigenvalue weighted by atomic mass is 9.95. The average Bonchev–Trinajstić information content (AvgIpc) is 3.45. The van der Waals surface area contributed by atoms with Crippen molar-refractivity contribution < 1.29 is 22.7 Å². The van der Waals surface area contributed by atoms with Crippen molar-refractivity contribution in [2.24, 2.45) is 0 Å². The summed E-state index contributed by atoms with van der Waals surface area (Å²) in [4.78, 5) is 19.3. The zero-order chi connectivity index (χ0) is 24.0. The molecule has 5 rings (SSSR count). The standard InChI is InChI=1S/C26H24F3N3O2/c1-15-13-31(14-30-15)24-7-3-16(10-25(24)34-2)9-17-4-5-18-6-8-23(32(18)26(17)33)19-11-21(28)22(29)12-20(19)27/h3,7,9-14,18,23H,4-6,8H2,1-2H3/b17-9+/t18-,23-/m0/s1. The second kappa shape index (κ2) is 8.66. The second-order valence-electron chi connectivity index (χ2n) is 8.81. The van der Waals surface area contributed by atoms with Gasteiger partial charge in [0.1, 0.15) is 11.6 Å². The Morgan fingerprint density at radius 2 is 1.85 bits per heavy atom. The van der Waals surface area contributed by atoms with Crippen molar-refractivity contribution in [2.45, 2.75) is 44.7 Å². The van der Waals surface area contributed by atoms with Gasteiger partial charge >= 0.3 is 0 Å². The second-order valence-corrected chi connectivity index (χ2v) is 8.81. The number of benzene rings is 2. The molecule has 176 valence electrons. The predicted molar refractivity (Wildman–Crippen MR) is 121 cm³/mol. The molecular formula is C26H24F3N3O2. The Labute approximate surface area is 195 Å². The van der Waals surface area contributed by atoms with E-state index >= 15 is 0 Å². The molecule has 2 aliphatic heterocycles. The molecule has 34 heavy (non-hydrogen) atoms. The molecule has 2 aliphatic rings. The number of rotatable bonds is 4. The molecule has 0 radical (unpaired) electrons. The van der Waals surface area contributed by atoms with Crippen LogP contribution in [0, 0.1) is 24.4 Å². The van der Waals surface area contributed by atoms with Gasteiger partial charge in [0.05, 0.1) is 30.9 Å². The van der Waals surface area contributed by atoms with E-state index in [0.29, 0.717) is 36.7 Å². The molecule has 8 heteroatoms. The van der Waals surface area contributed by atoms with Crippen LogP contribution in [0.3, 0.4) is 0 Å². The van der Waals surface area contributed by atoms with Crippen molar-refractivity contribution in [3.8, 4) is 11.4 Å². The van der Waals surface area contributed by atoms with Crippen molar-refractivity contribution in [3.63, 3.8) is 0 Å². The molecule has 2 atom stereocenters. The van der Waals surface area contributed by atoms with E-state index in [-0.39, 0.29) is 17.5 Å². The van der Waals surface area contributed by atoms with Gasteiger partial charge in [-0.2, -0.15) is 0 Å². The van der Waals surface area contributed by atoms with E-state index in [2.05, 4.69) is 4.98 Å². The van der Waals surface area contributed by atoms with Gasteiger partial charge in [0.25, 0.3) is 5.91 Å². The Balaban J connectivity index is 1.45. The first-order valence-electron chi connectivity index (χ1n) is 11.2. The Bertz CT molecular complexity index is 1300. The van der Waals surface area contributed by atoms with Gasteiger partial charge in [-0.05, 0) is 62.4 Å². The van der Waals surface area contributed by atoms with E-state index in [1.165, 1.54) is 0 Å². The van der Waals surface area contributed by atoms with Crippen LogP contribution in [0.2, 0.25) is 0 Å². The highest BCUT2D eigenvalue weighted by Gasteiger charge is 2.42. The first-order valence-corrected chi connectivity index (χ1v) is 11.2. The Hall–Kier alpha value is -3.55. The first-order chi connectivity index (χ1) is 16.4. The number of piperidine rings is 1. The van der Waals surface area contributed by atoms with E-state index in [9.17, 15) is 18.0 Å². The van der Waals surface area contributed by atoms with Gasteiger partial charge in [-0.3, -0.25) is 4.79 Å². The SMILES string of the molecule is COc1cc(/C=C2\CC[C@H]3CC[C@@H](c4cc(F)c(F)cc4F)N3C2=O)ccc1-n1cnc(C)c1. The van der Waals surface area contributed by atoms with E-state index in [4.69, 9.17) is 4.74 Å². The highest BCUT2D eigenvalue weighted by Crippen LogP contribution is 2.43. The summed E-state index contributed by atoms with van der Waals surface area (Å²) in [6.07, 6.45) is 7.97. The van der Waals surface area contributed by atoms with Crippen LogP contribution in [0.4, 0.5) is 13.2 Å². The fourth-order valence-corrected chi connectivity index (χ4v) is 5.05. The van der Waals surface area contributed by atoms with E-state index in [1.807, 2.05) is 42.0 Å². The number of fused-ring (bicyclic) bond motifs is 1. The lowest BCUT2D eigenvalue weighted by Crippen LogP contribution is -2.42. The smallest absolute Gasteiger partial charge is 0.250 e. The first kappa shape index (κ1) is 22.3. The molecule has 5 nitrogen and oxygen atoms in total. The number of nitrogens with zero attached hydrogens (tertiary/aromatic N) is 3. The van der Waals surface area contributed by atoms with E-state index in [0.717, 1.165) is 29.4 Å². The van der Waals surface area contributed by atoms with Crippen LogP contribution >= 0.6 is 0 Å². The lowest BCUT2D eigenvalue weighted by Gasteiger charge is -2.35. The summed E-state index contributed by atoms with van der Waals surface area (Å²) in [5.74, 6) is -2.74. The molecule has 3 heterocycles. The average molecular weight is 467 g/mol. The molecule has 2 saturated heterocycles. The third-order valence-electron chi connectivity index (χ3n) is 6.69. The summed E-state index contributed by atoms with van der Waals surface area (Å²) < 4.78 is 49.2. The predicted octanol–water partition coefficient (Wildman–Crippen LogP) is 5.52. The van der Waals surface area contributed by atoms with Crippen LogP contribution < -0.4 is 4.74 Å². The van der Waals surface area contributed by atoms with Crippen molar-refractivity contribution in [1.82, 2.24) is 14.5 Å². The number of imidazole rings is 1. The van der Waals surface area contributed by atoms with Gasteiger partial charge in [-0.25, -0.2) is 18.2 Å². The van der Waals surface area contributed by atoms with Crippen LogP contribution in [-0.4, -0.2) is 33.5 Å².